The zero-order chi connectivity index (χ0) is 22.4. The Balaban J connectivity index is 0.00000385. The summed E-state index contributed by atoms with van der Waals surface area (Å²) in [6.07, 6.45) is 3.59. The highest BCUT2D eigenvalue weighted by molar-refractivity contribution is 14.0. The molecule has 0 aliphatic carbocycles. The van der Waals surface area contributed by atoms with E-state index in [1.54, 1.807) is 7.11 Å². The fraction of sp³-hybridized carbons (Fsp3) is 0.720. The number of methoxy groups -OCH3 is 1. The number of piperazine rings is 1. The Bertz CT molecular complexity index is 655. The fourth-order valence-corrected chi connectivity index (χ4v) is 4.56. The molecule has 0 saturated carbocycles. The Morgan fingerprint density at radius 3 is 2.52 bits per heavy atom. The first-order valence-electron chi connectivity index (χ1n) is 12.3. The maximum Gasteiger partial charge on any atom is 0.193 e. The molecule has 2 saturated heterocycles. The highest BCUT2D eigenvalue weighted by atomic mass is 127. The number of guanidine groups is 1. The predicted octanol–water partition coefficient (Wildman–Crippen LogP) is 2.76. The summed E-state index contributed by atoms with van der Waals surface area (Å²) in [6, 6.07) is 10.8. The number of nitrogens with one attached hydrogen (secondary N) is 1. The quantitative estimate of drug-likeness (QED) is 0.180. The lowest BCUT2D eigenvalue weighted by molar-refractivity contribution is 0.0536. The van der Waals surface area contributed by atoms with Crippen LogP contribution >= 0.6 is 24.0 Å². The number of aliphatic imine (C=N–C) groups is 1. The normalized spacial score (nSPS) is 20.1. The van der Waals surface area contributed by atoms with Gasteiger partial charge in [0.2, 0.25) is 0 Å². The van der Waals surface area contributed by atoms with E-state index < -0.39 is 0 Å². The van der Waals surface area contributed by atoms with Crippen molar-refractivity contribution in [3.8, 4) is 0 Å². The van der Waals surface area contributed by atoms with Gasteiger partial charge in [-0.1, -0.05) is 30.3 Å². The van der Waals surface area contributed by atoms with Crippen molar-refractivity contribution >= 4 is 29.9 Å². The number of hydrogen-bond acceptors (Lipinski definition) is 5. The molecule has 0 spiro atoms. The van der Waals surface area contributed by atoms with Gasteiger partial charge in [-0.3, -0.25) is 9.89 Å². The molecule has 2 aliphatic rings. The fourth-order valence-electron chi connectivity index (χ4n) is 4.56. The number of rotatable bonds is 12. The predicted molar refractivity (Wildman–Crippen MR) is 147 cm³/mol. The highest BCUT2D eigenvalue weighted by Gasteiger charge is 2.24. The molecule has 1 aromatic rings. The van der Waals surface area contributed by atoms with Crippen LogP contribution < -0.4 is 5.32 Å². The van der Waals surface area contributed by atoms with Crippen LogP contribution in [0.25, 0.3) is 0 Å². The number of hydrogen-bond donors (Lipinski definition) is 1. The molecule has 1 atom stereocenters. The van der Waals surface area contributed by atoms with E-state index in [2.05, 4.69) is 55.3 Å². The van der Waals surface area contributed by atoms with Crippen molar-refractivity contribution in [3.05, 3.63) is 35.9 Å². The summed E-state index contributed by atoms with van der Waals surface area (Å²) >= 11 is 0. The number of halogens is 1. The number of likely N-dealkylation sites (tertiary alicyclic amines) is 1. The van der Waals surface area contributed by atoms with Gasteiger partial charge in [0, 0.05) is 72.4 Å². The van der Waals surface area contributed by atoms with E-state index in [0.29, 0.717) is 19.1 Å². The Hall–Kier alpha value is -0.940. The van der Waals surface area contributed by atoms with Gasteiger partial charge in [0.15, 0.2) is 5.96 Å². The number of benzene rings is 1. The first-order chi connectivity index (χ1) is 15.8. The van der Waals surface area contributed by atoms with Crippen molar-refractivity contribution < 1.29 is 9.47 Å². The molecule has 1 N–H and O–H groups in total. The number of nitrogens with zero attached hydrogens (tertiary/aromatic N) is 4. The van der Waals surface area contributed by atoms with Crippen molar-refractivity contribution in [1.29, 1.82) is 0 Å². The van der Waals surface area contributed by atoms with Gasteiger partial charge in [-0.25, -0.2) is 0 Å². The Labute approximate surface area is 217 Å². The van der Waals surface area contributed by atoms with Crippen molar-refractivity contribution in [3.63, 3.8) is 0 Å². The van der Waals surface area contributed by atoms with E-state index in [0.717, 1.165) is 38.7 Å². The van der Waals surface area contributed by atoms with E-state index in [-0.39, 0.29) is 24.0 Å². The van der Waals surface area contributed by atoms with E-state index in [1.807, 2.05) is 7.05 Å². The van der Waals surface area contributed by atoms with Gasteiger partial charge in [0.25, 0.3) is 0 Å². The van der Waals surface area contributed by atoms with Gasteiger partial charge < -0.3 is 24.6 Å². The Morgan fingerprint density at radius 1 is 1.03 bits per heavy atom. The summed E-state index contributed by atoms with van der Waals surface area (Å²) in [6.45, 7) is 12.2. The molecular weight excluding hydrogens is 529 g/mol. The molecule has 33 heavy (non-hydrogen) atoms. The highest BCUT2D eigenvalue weighted by Crippen LogP contribution is 2.16. The van der Waals surface area contributed by atoms with E-state index in [1.165, 1.54) is 57.5 Å². The lowest BCUT2D eigenvalue weighted by atomic mass is 10.1. The summed E-state index contributed by atoms with van der Waals surface area (Å²) in [7, 11) is 3.60. The molecule has 0 aromatic heterocycles. The monoisotopic (exact) mass is 573 g/mol. The smallest absolute Gasteiger partial charge is 0.193 e. The lowest BCUT2D eigenvalue weighted by Crippen LogP contribution is -2.46. The molecular formula is C25H44IN5O2. The molecule has 0 radical (unpaired) electrons. The van der Waals surface area contributed by atoms with Gasteiger partial charge in [-0.15, -0.1) is 24.0 Å². The third kappa shape index (κ3) is 10.5. The summed E-state index contributed by atoms with van der Waals surface area (Å²) in [5, 5.41) is 3.57. The van der Waals surface area contributed by atoms with Gasteiger partial charge in [-0.2, -0.15) is 0 Å². The second-order valence-electron chi connectivity index (χ2n) is 8.95. The maximum atomic E-state index is 5.71. The average molecular weight is 574 g/mol. The molecule has 2 aliphatic heterocycles. The molecule has 3 rings (SSSR count). The molecule has 8 heteroatoms. The van der Waals surface area contributed by atoms with Gasteiger partial charge in [-0.05, 0) is 31.4 Å². The molecule has 2 fully saturated rings. The molecule has 1 aromatic carbocycles. The van der Waals surface area contributed by atoms with Crippen LogP contribution in [-0.4, -0.2) is 107 Å². The summed E-state index contributed by atoms with van der Waals surface area (Å²) in [5.74, 6) is 1.63. The molecule has 1 unspecified atom stereocenters. The van der Waals surface area contributed by atoms with Crippen LogP contribution in [0.1, 0.15) is 24.8 Å². The standard InChI is InChI=1S/C25H43N5O2.HI/c1-26-25(30-13-10-24(21-30)22-32-19-18-31-2)27-11-6-7-12-28-14-16-29(17-15-28)20-23-8-4-3-5-9-23;/h3-5,8-9,24H,6-7,10-22H2,1-2H3,(H,26,27);1H. The minimum Gasteiger partial charge on any atom is -0.382 e. The van der Waals surface area contributed by atoms with Crippen LogP contribution in [0.3, 0.4) is 0 Å². The molecule has 7 nitrogen and oxygen atoms in total. The van der Waals surface area contributed by atoms with Gasteiger partial charge in [0.05, 0.1) is 19.8 Å². The van der Waals surface area contributed by atoms with Crippen LogP contribution in [-0.2, 0) is 16.0 Å². The van der Waals surface area contributed by atoms with Crippen molar-refractivity contribution in [2.24, 2.45) is 10.9 Å². The Morgan fingerprint density at radius 2 is 1.79 bits per heavy atom. The zero-order valence-electron chi connectivity index (χ0n) is 20.6. The van der Waals surface area contributed by atoms with Crippen LogP contribution in [0.15, 0.2) is 35.3 Å². The Kier molecular flexibility index (Phi) is 14.3. The van der Waals surface area contributed by atoms with E-state index >= 15 is 0 Å². The van der Waals surface area contributed by atoms with Crippen molar-refractivity contribution in [2.45, 2.75) is 25.8 Å². The lowest BCUT2D eigenvalue weighted by Gasteiger charge is -2.34. The maximum absolute atomic E-state index is 5.71. The number of unbranched alkanes of at least 4 members (excludes halogenated alkanes) is 1. The third-order valence-corrected chi connectivity index (χ3v) is 6.48. The van der Waals surface area contributed by atoms with Crippen LogP contribution in [0, 0.1) is 5.92 Å². The van der Waals surface area contributed by atoms with Crippen LogP contribution in [0.5, 0.6) is 0 Å². The second kappa shape index (κ2) is 16.6. The summed E-state index contributed by atoms with van der Waals surface area (Å²) < 4.78 is 10.7. The topological polar surface area (TPSA) is 52.6 Å². The molecule has 0 bridgehead atoms. The SMILES string of the molecule is CN=C(NCCCCN1CCN(Cc2ccccc2)CC1)N1CCC(COCCOC)C1.I. The van der Waals surface area contributed by atoms with Crippen LogP contribution in [0.2, 0.25) is 0 Å². The molecule has 2 heterocycles. The average Bonchev–Trinajstić information content (AvgIpc) is 3.29. The van der Waals surface area contributed by atoms with Crippen molar-refractivity contribution in [1.82, 2.24) is 20.0 Å². The van der Waals surface area contributed by atoms with Crippen molar-refractivity contribution in [2.75, 3.05) is 86.3 Å². The third-order valence-electron chi connectivity index (χ3n) is 6.48. The second-order valence-corrected chi connectivity index (χ2v) is 8.95. The minimum absolute atomic E-state index is 0. The zero-order valence-corrected chi connectivity index (χ0v) is 22.9. The molecule has 0 amide bonds. The van der Waals surface area contributed by atoms with E-state index in [4.69, 9.17) is 9.47 Å². The number of ether oxygens (including phenoxy) is 2. The van der Waals surface area contributed by atoms with E-state index in [9.17, 15) is 0 Å². The van der Waals surface area contributed by atoms with Gasteiger partial charge >= 0.3 is 0 Å². The van der Waals surface area contributed by atoms with Gasteiger partial charge in [0.1, 0.15) is 0 Å². The summed E-state index contributed by atoms with van der Waals surface area (Å²) in [4.78, 5) is 12.1. The van der Waals surface area contributed by atoms with Crippen LogP contribution in [0.4, 0.5) is 0 Å². The molecule has 188 valence electrons. The first-order valence-corrected chi connectivity index (χ1v) is 12.3. The minimum atomic E-state index is 0. The largest absolute Gasteiger partial charge is 0.382 e. The summed E-state index contributed by atoms with van der Waals surface area (Å²) in [5.41, 5.74) is 1.42. The first kappa shape index (κ1) is 28.3.